The summed E-state index contributed by atoms with van der Waals surface area (Å²) < 4.78 is 0. The molecule has 0 radical (unpaired) electrons. The fourth-order valence-electron chi connectivity index (χ4n) is 6.83. The molecule has 4 saturated carbocycles. The molecule has 1 aliphatic heterocycles. The molecule has 5 rings (SSSR count). The second kappa shape index (κ2) is 5.53. The van der Waals surface area contributed by atoms with Crippen LogP contribution >= 0.6 is 0 Å². The Labute approximate surface area is 131 Å². The van der Waals surface area contributed by atoms with Gasteiger partial charge in [-0.25, -0.2) is 0 Å². The van der Waals surface area contributed by atoms with Crippen LogP contribution in [0.15, 0.2) is 0 Å². The van der Waals surface area contributed by atoms with Crippen molar-refractivity contribution in [2.75, 3.05) is 13.1 Å². The fraction of sp³-hybridized carbons (Fsp3) is 1.00. The first-order valence-electron chi connectivity index (χ1n) is 9.68. The van der Waals surface area contributed by atoms with Crippen LogP contribution in [0.3, 0.4) is 0 Å². The third-order valence-corrected chi connectivity index (χ3v) is 7.17. The van der Waals surface area contributed by atoms with Crippen LogP contribution in [0.4, 0.5) is 0 Å². The van der Waals surface area contributed by atoms with E-state index >= 15 is 0 Å². The molecule has 5 aliphatic rings. The number of piperidine rings is 1. The molecule has 21 heavy (non-hydrogen) atoms. The van der Waals surface area contributed by atoms with E-state index in [1.807, 2.05) is 0 Å². The number of likely N-dealkylation sites (tertiary alicyclic amines) is 1. The molecular formula is C19H34N2. The van der Waals surface area contributed by atoms with Crippen LogP contribution < -0.4 is 5.32 Å². The topological polar surface area (TPSA) is 15.3 Å². The fourth-order valence-corrected chi connectivity index (χ4v) is 6.83. The highest BCUT2D eigenvalue weighted by Crippen LogP contribution is 2.58. The van der Waals surface area contributed by atoms with E-state index < -0.39 is 0 Å². The van der Waals surface area contributed by atoms with Crippen molar-refractivity contribution in [3.8, 4) is 0 Å². The first-order chi connectivity index (χ1) is 10.2. The normalized spacial score (nSPS) is 49.7. The minimum absolute atomic E-state index is 0.629. The number of hydrogen-bond donors (Lipinski definition) is 1. The van der Waals surface area contributed by atoms with Crippen molar-refractivity contribution in [3.63, 3.8) is 0 Å². The molecule has 0 aromatic rings. The summed E-state index contributed by atoms with van der Waals surface area (Å²) in [6.07, 6.45) is 13.4. The lowest BCUT2D eigenvalue weighted by Crippen LogP contribution is -2.64. The summed E-state index contributed by atoms with van der Waals surface area (Å²) in [7, 11) is 0. The quantitative estimate of drug-likeness (QED) is 0.847. The van der Waals surface area contributed by atoms with Crippen LogP contribution in [0, 0.1) is 17.8 Å². The SMILES string of the molecule is CCCNC1CCN(C23CC4CC(CC(C4)C2)C3)C(C)C1. The zero-order valence-electron chi connectivity index (χ0n) is 14.1. The van der Waals surface area contributed by atoms with Crippen LogP contribution in [-0.2, 0) is 0 Å². The molecule has 1 saturated heterocycles. The van der Waals surface area contributed by atoms with E-state index in [9.17, 15) is 0 Å². The molecule has 1 N–H and O–H groups in total. The molecule has 0 aromatic heterocycles. The van der Waals surface area contributed by atoms with Crippen molar-refractivity contribution < 1.29 is 0 Å². The summed E-state index contributed by atoms with van der Waals surface area (Å²) >= 11 is 0. The Balaban J connectivity index is 1.45. The van der Waals surface area contributed by atoms with Crippen molar-refractivity contribution in [1.82, 2.24) is 10.2 Å². The molecule has 0 amide bonds. The summed E-state index contributed by atoms with van der Waals surface area (Å²) in [6.45, 7) is 7.35. The predicted octanol–water partition coefficient (Wildman–Crippen LogP) is 3.81. The summed E-state index contributed by atoms with van der Waals surface area (Å²) in [5, 5.41) is 3.77. The third-order valence-electron chi connectivity index (χ3n) is 7.17. The average Bonchev–Trinajstić information content (AvgIpc) is 2.43. The Kier molecular flexibility index (Phi) is 3.82. The lowest BCUT2D eigenvalue weighted by atomic mass is 9.52. The Morgan fingerprint density at radius 2 is 1.62 bits per heavy atom. The summed E-state index contributed by atoms with van der Waals surface area (Å²) in [5.41, 5.74) is 0.629. The molecular weight excluding hydrogens is 256 g/mol. The van der Waals surface area contributed by atoms with E-state index in [-0.39, 0.29) is 0 Å². The summed E-state index contributed by atoms with van der Waals surface area (Å²) in [4.78, 5) is 2.99. The standard InChI is InChI=1S/C19H34N2/c1-3-5-20-18-4-6-21(14(2)7-18)19-11-15-8-16(12-19)10-17(9-15)13-19/h14-18,20H,3-13H2,1-2H3. The molecule has 2 nitrogen and oxygen atoms in total. The van der Waals surface area contributed by atoms with Crippen molar-refractivity contribution in [2.24, 2.45) is 17.8 Å². The maximum absolute atomic E-state index is 3.77. The van der Waals surface area contributed by atoms with Gasteiger partial charge in [0.15, 0.2) is 0 Å². The van der Waals surface area contributed by atoms with Crippen molar-refractivity contribution in [1.29, 1.82) is 0 Å². The van der Waals surface area contributed by atoms with Crippen LogP contribution in [0.1, 0.15) is 71.6 Å². The van der Waals surface area contributed by atoms with E-state index in [1.165, 1.54) is 51.6 Å². The number of nitrogens with zero attached hydrogens (tertiary/aromatic N) is 1. The van der Waals surface area contributed by atoms with Gasteiger partial charge in [0.2, 0.25) is 0 Å². The van der Waals surface area contributed by atoms with Gasteiger partial charge in [-0.2, -0.15) is 0 Å². The van der Waals surface area contributed by atoms with Crippen LogP contribution in [0.5, 0.6) is 0 Å². The van der Waals surface area contributed by atoms with Gasteiger partial charge in [-0.05, 0) is 89.0 Å². The largest absolute Gasteiger partial charge is 0.314 e. The Morgan fingerprint density at radius 1 is 1.00 bits per heavy atom. The molecule has 4 bridgehead atoms. The number of hydrogen-bond acceptors (Lipinski definition) is 2. The smallest absolute Gasteiger partial charge is 0.0220 e. The van der Waals surface area contributed by atoms with E-state index in [0.29, 0.717) is 5.54 Å². The molecule has 120 valence electrons. The monoisotopic (exact) mass is 290 g/mol. The van der Waals surface area contributed by atoms with E-state index in [0.717, 1.165) is 29.8 Å². The Morgan fingerprint density at radius 3 is 2.14 bits per heavy atom. The third kappa shape index (κ3) is 2.57. The van der Waals surface area contributed by atoms with Gasteiger partial charge in [0.1, 0.15) is 0 Å². The highest BCUT2D eigenvalue weighted by atomic mass is 15.2. The second-order valence-corrected chi connectivity index (χ2v) is 8.86. The number of nitrogens with one attached hydrogen (secondary N) is 1. The zero-order valence-corrected chi connectivity index (χ0v) is 14.1. The van der Waals surface area contributed by atoms with Gasteiger partial charge in [0.05, 0.1) is 0 Å². The second-order valence-electron chi connectivity index (χ2n) is 8.86. The predicted molar refractivity (Wildman–Crippen MR) is 88.4 cm³/mol. The highest BCUT2D eigenvalue weighted by molar-refractivity contribution is 5.09. The lowest BCUT2D eigenvalue weighted by molar-refractivity contribution is -0.112. The van der Waals surface area contributed by atoms with E-state index in [2.05, 4.69) is 24.1 Å². The van der Waals surface area contributed by atoms with Crippen molar-refractivity contribution >= 4 is 0 Å². The lowest BCUT2D eigenvalue weighted by Gasteiger charge is -2.63. The van der Waals surface area contributed by atoms with Crippen LogP contribution in [0.25, 0.3) is 0 Å². The first kappa shape index (κ1) is 14.5. The molecule has 2 heteroatoms. The van der Waals surface area contributed by atoms with Gasteiger partial charge >= 0.3 is 0 Å². The van der Waals surface area contributed by atoms with E-state index in [4.69, 9.17) is 0 Å². The molecule has 1 heterocycles. The summed E-state index contributed by atoms with van der Waals surface area (Å²) in [6, 6.07) is 1.58. The zero-order chi connectivity index (χ0) is 14.4. The van der Waals surface area contributed by atoms with Gasteiger partial charge < -0.3 is 5.32 Å². The minimum atomic E-state index is 0.629. The molecule has 2 atom stereocenters. The van der Waals surface area contributed by atoms with Gasteiger partial charge in [0, 0.05) is 24.2 Å². The first-order valence-corrected chi connectivity index (χ1v) is 9.68. The van der Waals surface area contributed by atoms with E-state index in [1.54, 1.807) is 19.3 Å². The summed E-state index contributed by atoms with van der Waals surface area (Å²) in [5.74, 6) is 3.25. The highest BCUT2D eigenvalue weighted by Gasteiger charge is 2.54. The van der Waals surface area contributed by atoms with Gasteiger partial charge in [0.25, 0.3) is 0 Å². The van der Waals surface area contributed by atoms with Gasteiger partial charge in [-0.1, -0.05) is 6.92 Å². The van der Waals surface area contributed by atoms with Crippen LogP contribution in [0.2, 0.25) is 0 Å². The van der Waals surface area contributed by atoms with Gasteiger partial charge in [-0.3, -0.25) is 4.90 Å². The maximum atomic E-state index is 3.77. The van der Waals surface area contributed by atoms with Crippen molar-refractivity contribution in [2.45, 2.75) is 89.3 Å². The molecule has 2 unspecified atom stereocenters. The van der Waals surface area contributed by atoms with Gasteiger partial charge in [-0.15, -0.1) is 0 Å². The number of rotatable bonds is 4. The maximum Gasteiger partial charge on any atom is 0.0220 e. The molecule has 5 fully saturated rings. The average molecular weight is 290 g/mol. The molecule has 0 aromatic carbocycles. The van der Waals surface area contributed by atoms with Crippen molar-refractivity contribution in [3.05, 3.63) is 0 Å². The Hall–Kier alpha value is -0.0800. The molecule has 4 aliphatic carbocycles. The van der Waals surface area contributed by atoms with Crippen LogP contribution in [-0.4, -0.2) is 35.6 Å². The minimum Gasteiger partial charge on any atom is -0.314 e. The Bertz CT molecular complexity index is 342. The molecule has 0 spiro atoms.